The van der Waals surface area contributed by atoms with Crippen molar-refractivity contribution in [2.75, 3.05) is 13.1 Å². The third-order valence-corrected chi connectivity index (χ3v) is 7.21. The van der Waals surface area contributed by atoms with E-state index in [1.54, 1.807) is 11.3 Å². The fourth-order valence-electron chi connectivity index (χ4n) is 4.43. The van der Waals surface area contributed by atoms with E-state index in [0.717, 1.165) is 36.3 Å². The van der Waals surface area contributed by atoms with E-state index in [1.807, 2.05) is 17.0 Å². The van der Waals surface area contributed by atoms with Crippen molar-refractivity contribution in [3.63, 3.8) is 0 Å². The fraction of sp³-hybridized carbons (Fsp3) is 0.280. The second kappa shape index (κ2) is 7.96. The Labute approximate surface area is 175 Å². The summed E-state index contributed by atoms with van der Waals surface area (Å²) in [6.07, 6.45) is 9.23. The highest BCUT2D eigenvalue weighted by molar-refractivity contribution is 7.18. The Bertz CT molecular complexity index is 1050. The summed E-state index contributed by atoms with van der Waals surface area (Å²) >= 11 is 1.74. The van der Waals surface area contributed by atoms with E-state index in [0.29, 0.717) is 6.54 Å². The Balaban J connectivity index is 1.35. The molecule has 0 bridgehead atoms. The summed E-state index contributed by atoms with van der Waals surface area (Å²) in [4.78, 5) is 20.3. The Morgan fingerprint density at radius 1 is 1.00 bits per heavy atom. The van der Waals surface area contributed by atoms with Gasteiger partial charge in [-0.15, -0.1) is 11.3 Å². The number of fused-ring (bicyclic) bond motifs is 1. The number of thiazole rings is 1. The van der Waals surface area contributed by atoms with Gasteiger partial charge in [0.15, 0.2) is 0 Å². The minimum absolute atomic E-state index is 0.00719. The van der Waals surface area contributed by atoms with E-state index in [1.165, 1.54) is 15.8 Å². The van der Waals surface area contributed by atoms with Crippen LogP contribution in [0.15, 0.2) is 72.8 Å². The molecule has 0 fully saturated rings. The van der Waals surface area contributed by atoms with Gasteiger partial charge < -0.3 is 4.90 Å². The zero-order valence-electron chi connectivity index (χ0n) is 16.3. The molecule has 1 aliphatic carbocycles. The van der Waals surface area contributed by atoms with Crippen molar-refractivity contribution in [3.05, 3.63) is 83.4 Å². The van der Waals surface area contributed by atoms with Gasteiger partial charge in [0.05, 0.1) is 21.1 Å². The molecule has 3 nitrogen and oxygen atoms in total. The number of carbonyl (C=O) groups excluding carboxylic acids is 1. The number of para-hydroxylation sites is 1. The Hall–Kier alpha value is -2.72. The molecule has 3 aromatic rings. The quantitative estimate of drug-likeness (QED) is 0.531. The zero-order chi connectivity index (χ0) is 19.6. The first-order chi connectivity index (χ1) is 14.3. The molecule has 0 spiro atoms. The zero-order valence-corrected chi connectivity index (χ0v) is 17.1. The summed E-state index contributed by atoms with van der Waals surface area (Å²) in [6.45, 7) is 1.50. The third-order valence-electron chi connectivity index (χ3n) is 6.04. The molecular formula is C25H24N2OS. The van der Waals surface area contributed by atoms with Crippen LogP contribution in [0.3, 0.4) is 0 Å². The average Bonchev–Trinajstić information content (AvgIpc) is 3.23. The van der Waals surface area contributed by atoms with Gasteiger partial charge in [0.1, 0.15) is 0 Å². The topological polar surface area (TPSA) is 33.2 Å². The molecule has 29 heavy (non-hydrogen) atoms. The summed E-state index contributed by atoms with van der Waals surface area (Å²) in [7, 11) is 0. The van der Waals surface area contributed by atoms with Crippen LogP contribution in [0.1, 0.15) is 35.8 Å². The first kappa shape index (κ1) is 18.3. The summed E-state index contributed by atoms with van der Waals surface area (Å²) in [5, 5.41) is 1.10. The van der Waals surface area contributed by atoms with Crippen LogP contribution in [0.4, 0.5) is 0 Å². The second-order valence-corrected chi connectivity index (χ2v) is 8.87. The molecule has 2 aromatic carbocycles. The number of nitrogens with zero attached hydrogens (tertiary/aromatic N) is 2. The number of carbonyl (C=O) groups is 1. The Morgan fingerprint density at radius 2 is 1.79 bits per heavy atom. The highest BCUT2D eigenvalue weighted by Gasteiger charge is 2.35. The number of hydrogen-bond acceptors (Lipinski definition) is 3. The van der Waals surface area contributed by atoms with Gasteiger partial charge in [0.25, 0.3) is 0 Å². The van der Waals surface area contributed by atoms with E-state index in [2.05, 4.69) is 60.7 Å². The van der Waals surface area contributed by atoms with E-state index < -0.39 is 0 Å². The SMILES string of the molecule is O=C([C@H]1CC=CC[C@@H]1c1nc2ccccc2s1)N1CC=C(c2ccccc2)CC1. The number of benzene rings is 2. The average molecular weight is 401 g/mol. The van der Waals surface area contributed by atoms with Crippen LogP contribution in [-0.2, 0) is 4.79 Å². The van der Waals surface area contributed by atoms with Crippen LogP contribution < -0.4 is 0 Å². The van der Waals surface area contributed by atoms with E-state index >= 15 is 0 Å². The number of allylic oxidation sites excluding steroid dienone is 2. The van der Waals surface area contributed by atoms with Crippen molar-refractivity contribution in [2.24, 2.45) is 5.92 Å². The predicted octanol–water partition coefficient (Wildman–Crippen LogP) is 5.66. The number of rotatable bonds is 3. The minimum Gasteiger partial charge on any atom is -0.338 e. The maximum Gasteiger partial charge on any atom is 0.227 e. The molecule has 0 N–H and O–H groups in total. The molecule has 5 rings (SSSR count). The maximum atomic E-state index is 13.4. The van der Waals surface area contributed by atoms with Gasteiger partial charge in [-0.05, 0) is 42.5 Å². The molecule has 2 atom stereocenters. The lowest BCUT2D eigenvalue weighted by atomic mass is 9.82. The van der Waals surface area contributed by atoms with Gasteiger partial charge in [0.2, 0.25) is 5.91 Å². The third kappa shape index (κ3) is 3.65. The van der Waals surface area contributed by atoms with Crippen molar-refractivity contribution in [1.82, 2.24) is 9.88 Å². The summed E-state index contributed by atoms with van der Waals surface area (Å²) in [6, 6.07) is 18.8. The summed E-state index contributed by atoms with van der Waals surface area (Å²) in [5.41, 5.74) is 3.66. The van der Waals surface area contributed by atoms with Gasteiger partial charge in [0, 0.05) is 19.0 Å². The van der Waals surface area contributed by atoms with Crippen molar-refractivity contribution in [1.29, 1.82) is 0 Å². The largest absolute Gasteiger partial charge is 0.338 e. The molecule has 2 heterocycles. The van der Waals surface area contributed by atoms with E-state index in [-0.39, 0.29) is 17.7 Å². The van der Waals surface area contributed by atoms with Gasteiger partial charge in [-0.2, -0.15) is 0 Å². The Kier molecular flexibility index (Phi) is 5.03. The fourth-order valence-corrected chi connectivity index (χ4v) is 5.57. The van der Waals surface area contributed by atoms with E-state index in [4.69, 9.17) is 4.98 Å². The van der Waals surface area contributed by atoms with Crippen LogP contribution in [0.2, 0.25) is 0 Å². The standard InChI is InChI=1S/C25H24N2OS/c28-25(27-16-14-19(15-17-27)18-8-2-1-3-9-18)21-11-5-4-10-20(21)24-26-22-12-6-7-13-23(22)29-24/h1-9,12-14,20-21H,10-11,15-17H2/t20-,21-/m0/s1. The van der Waals surface area contributed by atoms with Crippen LogP contribution >= 0.6 is 11.3 Å². The normalized spacial score (nSPS) is 21.9. The first-order valence-electron chi connectivity index (χ1n) is 10.3. The lowest BCUT2D eigenvalue weighted by molar-refractivity contribution is -0.136. The van der Waals surface area contributed by atoms with Crippen LogP contribution in [0.25, 0.3) is 15.8 Å². The second-order valence-electron chi connectivity index (χ2n) is 7.81. The van der Waals surface area contributed by atoms with Gasteiger partial charge in [-0.25, -0.2) is 4.98 Å². The highest BCUT2D eigenvalue weighted by Crippen LogP contribution is 2.39. The minimum atomic E-state index is -0.00719. The van der Waals surface area contributed by atoms with Gasteiger partial charge in [-0.3, -0.25) is 4.79 Å². The number of aromatic nitrogens is 1. The molecule has 1 aliphatic heterocycles. The molecule has 2 aliphatic rings. The van der Waals surface area contributed by atoms with Crippen LogP contribution in [0, 0.1) is 5.92 Å². The summed E-state index contributed by atoms with van der Waals surface area (Å²) < 4.78 is 1.21. The predicted molar refractivity (Wildman–Crippen MR) is 120 cm³/mol. The first-order valence-corrected chi connectivity index (χ1v) is 11.1. The number of hydrogen-bond donors (Lipinski definition) is 0. The van der Waals surface area contributed by atoms with Gasteiger partial charge in [-0.1, -0.05) is 60.7 Å². The molecule has 0 saturated carbocycles. The summed E-state index contributed by atoms with van der Waals surface area (Å²) in [5.74, 6) is 0.457. The van der Waals surface area contributed by atoms with Crippen molar-refractivity contribution in [3.8, 4) is 0 Å². The lowest BCUT2D eigenvalue weighted by Crippen LogP contribution is -2.41. The number of amides is 1. The lowest BCUT2D eigenvalue weighted by Gasteiger charge is -2.33. The molecule has 0 radical (unpaired) electrons. The molecule has 146 valence electrons. The monoisotopic (exact) mass is 400 g/mol. The van der Waals surface area contributed by atoms with Crippen molar-refractivity contribution in [2.45, 2.75) is 25.2 Å². The molecule has 1 amide bonds. The Morgan fingerprint density at radius 3 is 2.59 bits per heavy atom. The highest BCUT2D eigenvalue weighted by atomic mass is 32.1. The molecule has 1 aromatic heterocycles. The molecule has 0 unspecified atom stereocenters. The molecular weight excluding hydrogens is 376 g/mol. The molecule has 4 heteroatoms. The smallest absolute Gasteiger partial charge is 0.227 e. The van der Waals surface area contributed by atoms with Crippen molar-refractivity contribution >= 4 is 33.0 Å². The van der Waals surface area contributed by atoms with Gasteiger partial charge >= 0.3 is 0 Å². The maximum absolute atomic E-state index is 13.4. The van der Waals surface area contributed by atoms with Crippen LogP contribution in [0.5, 0.6) is 0 Å². The van der Waals surface area contributed by atoms with E-state index in [9.17, 15) is 4.79 Å². The van der Waals surface area contributed by atoms with Crippen LogP contribution in [-0.4, -0.2) is 28.9 Å². The molecule has 0 saturated heterocycles. The van der Waals surface area contributed by atoms with Crippen molar-refractivity contribution < 1.29 is 4.79 Å².